The third kappa shape index (κ3) is 15.6. The average molecular weight is 1500 g/mol. The van der Waals surface area contributed by atoms with Gasteiger partial charge in [-0.2, -0.15) is 0 Å². The SMILES string of the molecule is COC1CN(C2COC([C@@H]3CCC[C@H](C)[C@@H](C)S(=O)(=O)NC(=O)c4cc(COC5CN(C6COC([C@@H]7CCC[C@H](C)[C@@H](C)S(=O)(=O)NC(=O)c8ccc9c(c8)N(CCCCc8cc(Cl)ccc8CO9)C[C@@H]8CC[C@H]87)OC6)C5)c5c(c4)N(C[C@@H]4CC[C@H]43)C[C@@]3(CCCc4cc(Cl)ccc43)CO5)OC2)C1. The van der Waals surface area contributed by atoms with Crippen molar-refractivity contribution in [3.05, 3.63) is 116 Å². The monoisotopic (exact) mass is 1500 g/mol. The van der Waals surface area contributed by atoms with E-state index in [-0.39, 0.29) is 83.8 Å². The number of hydrogen-bond donors (Lipinski definition) is 2. The van der Waals surface area contributed by atoms with Crippen molar-refractivity contribution >= 4 is 66.4 Å². The molecule has 4 saturated heterocycles. The number of nitrogens with one attached hydrogen (secondary N) is 2. The Kier molecular flexibility index (Phi) is 22.2. The Balaban J connectivity index is 0.657. The first-order valence-corrected chi connectivity index (χ1v) is 42.3. The summed E-state index contributed by atoms with van der Waals surface area (Å²) in [5, 5.41) is -0.246. The van der Waals surface area contributed by atoms with Crippen LogP contribution in [-0.4, -0.2) is 178 Å². The van der Waals surface area contributed by atoms with E-state index in [1.807, 2.05) is 56.3 Å². The molecule has 11 atom stereocenters. The van der Waals surface area contributed by atoms with Gasteiger partial charge in [0, 0.05) is 103 Å². The van der Waals surface area contributed by atoms with E-state index in [1.54, 1.807) is 33.1 Å². The number of methoxy groups -OCH3 is 1. The van der Waals surface area contributed by atoms with E-state index in [0.717, 1.165) is 139 Å². The molecule has 4 bridgehead atoms. The molecule has 562 valence electrons. The molecular weight excluding hydrogens is 1390 g/mol. The number of likely N-dealkylation sites (tertiary alicyclic amines) is 2. The number of carbonyl (C=O) groups is 2. The number of ether oxygens (including phenoxy) is 8. The first-order valence-electron chi connectivity index (χ1n) is 38.5. The molecule has 8 heterocycles. The lowest BCUT2D eigenvalue weighted by molar-refractivity contribution is -0.252. The second-order valence-electron chi connectivity index (χ2n) is 32.5. The molecule has 2 amide bonds. The van der Waals surface area contributed by atoms with E-state index < -0.39 is 54.1 Å². The lowest BCUT2D eigenvalue weighted by atomic mass is 9.64. The van der Waals surface area contributed by atoms with Crippen molar-refractivity contribution in [1.82, 2.24) is 19.2 Å². The molecule has 2 N–H and O–H groups in total. The smallest absolute Gasteiger partial charge is 0.264 e. The normalized spacial score (nSPS) is 34.2. The number of rotatable bonds is 8. The molecule has 15 rings (SSSR count). The summed E-state index contributed by atoms with van der Waals surface area (Å²) in [5.41, 5.74) is 7.00. The Labute approximate surface area is 619 Å². The van der Waals surface area contributed by atoms with E-state index in [1.165, 1.54) is 11.1 Å². The molecule has 11 aliphatic rings. The van der Waals surface area contributed by atoms with Gasteiger partial charge >= 0.3 is 0 Å². The highest BCUT2D eigenvalue weighted by Crippen LogP contribution is 2.52. The summed E-state index contributed by atoms with van der Waals surface area (Å²) in [6.45, 7) is 16.2. The molecule has 8 aliphatic heterocycles. The highest BCUT2D eigenvalue weighted by Gasteiger charge is 2.50. The zero-order valence-corrected chi connectivity index (χ0v) is 63.7. The molecule has 3 aliphatic carbocycles. The van der Waals surface area contributed by atoms with Gasteiger partial charge in [-0.15, -0.1) is 0 Å². The molecule has 4 aromatic rings. The van der Waals surface area contributed by atoms with Crippen LogP contribution in [0, 0.1) is 47.3 Å². The molecule has 1 spiro atoms. The maximum absolute atomic E-state index is 14.8. The summed E-state index contributed by atoms with van der Waals surface area (Å²) >= 11 is 13.2. The first kappa shape index (κ1) is 73.7. The van der Waals surface area contributed by atoms with Crippen LogP contribution in [0.2, 0.25) is 10.0 Å². The number of carbonyl (C=O) groups excluding carboxylic acids is 2. The van der Waals surface area contributed by atoms with Crippen LogP contribution in [0.5, 0.6) is 11.5 Å². The number of fused-ring (bicyclic) bond motifs is 7. The average Bonchev–Trinajstić information content (AvgIpc) is 1.63. The van der Waals surface area contributed by atoms with Crippen LogP contribution < -0.4 is 28.7 Å². The fourth-order valence-electron chi connectivity index (χ4n) is 19.0. The summed E-state index contributed by atoms with van der Waals surface area (Å²) < 4.78 is 115. The third-order valence-corrected chi connectivity index (χ3v) is 30.5. The van der Waals surface area contributed by atoms with Gasteiger partial charge < -0.3 is 47.7 Å². The van der Waals surface area contributed by atoms with Crippen LogP contribution in [0.15, 0.2) is 66.7 Å². The topological polar surface area (TPSA) is 213 Å². The van der Waals surface area contributed by atoms with E-state index >= 15 is 0 Å². The predicted octanol–water partition coefficient (Wildman–Crippen LogP) is 11.7. The van der Waals surface area contributed by atoms with Crippen molar-refractivity contribution < 1.29 is 64.3 Å². The Hall–Kier alpha value is -4.82. The molecule has 0 radical (unpaired) electrons. The zero-order valence-electron chi connectivity index (χ0n) is 60.6. The van der Waals surface area contributed by atoms with Crippen LogP contribution in [0.1, 0.15) is 166 Å². The summed E-state index contributed by atoms with van der Waals surface area (Å²) in [4.78, 5) is 38.3. The van der Waals surface area contributed by atoms with Crippen molar-refractivity contribution in [2.45, 2.75) is 196 Å². The van der Waals surface area contributed by atoms with Gasteiger partial charge in [-0.05, 0) is 216 Å². The van der Waals surface area contributed by atoms with Gasteiger partial charge in [0.25, 0.3) is 11.8 Å². The molecular formula is C79H106Cl2N6O14S2. The minimum atomic E-state index is -4.12. The van der Waals surface area contributed by atoms with E-state index in [0.29, 0.717) is 118 Å². The Morgan fingerprint density at radius 1 is 0.553 bits per heavy atom. The highest BCUT2D eigenvalue weighted by atomic mass is 35.5. The summed E-state index contributed by atoms with van der Waals surface area (Å²) in [6.07, 6.45) is 13.4. The van der Waals surface area contributed by atoms with Gasteiger partial charge in [-0.25, -0.2) is 26.3 Å². The van der Waals surface area contributed by atoms with Crippen LogP contribution in [0.25, 0.3) is 0 Å². The predicted molar refractivity (Wildman–Crippen MR) is 396 cm³/mol. The molecule has 24 heteroatoms. The van der Waals surface area contributed by atoms with Crippen LogP contribution in [0.3, 0.4) is 0 Å². The van der Waals surface area contributed by atoms with Crippen molar-refractivity contribution in [3.63, 3.8) is 0 Å². The van der Waals surface area contributed by atoms with Crippen molar-refractivity contribution in [2.75, 3.05) is 102 Å². The van der Waals surface area contributed by atoms with Crippen molar-refractivity contribution in [3.8, 4) is 11.5 Å². The number of halogens is 2. The van der Waals surface area contributed by atoms with Gasteiger partial charge in [0.1, 0.15) is 18.1 Å². The Morgan fingerprint density at radius 3 is 1.74 bits per heavy atom. The van der Waals surface area contributed by atoms with Crippen molar-refractivity contribution in [1.29, 1.82) is 0 Å². The second-order valence-corrected chi connectivity index (χ2v) is 37.4. The van der Waals surface area contributed by atoms with Gasteiger partial charge in [0.2, 0.25) is 20.0 Å². The molecule has 0 aromatic heterocycles. The lowest BCUT2D eigenvalue weighted by Gasteiger charge is -2.50. The number of benzene rings is 4. The fraction of sp³-hybridized carbons (Fsp3) is 0.671. The number of hydrogen-bond acceptors (Lipinski definition) is 18. The van der Waals surface area contributed by atoms with E-state index in [2.05, 4.69) is 41.2 Å². The lowest BCUT2D eigenvalue weighted by Crippen LogP contribution is -2.61. The Morgan fingerprint density at radius 2 is 1.13 bits per heavy atom. The maximum atomic E-state index is 14.8. The molecule has 0 unspecified atom stereocenters. The number of sulfonamides is 2. The fourth-order valence-corrected chi connectivity index (χ4v) is 22.0. The number of anilines is 2. The van der Waals surface area contributed by atoms with Gasteiger partial charge in [0.05, 0.1) is 85.8 Å². The van der Waals surface area contributed by atoms with Crippen LogP contribution >= 0.6 is 23.2 Å². The minimum Gasteiger partial charge on any atom is -0.490 e. The number of nitrogens with zero attached hydrogens (tertiary/aromatic N) is 4. The van der Waals surface area contributed by atoms with Gasteiger partial charge in [-0.1, -0.05) is 62.0 Å². The molecule has 20 nitrogen and oxygen atoms in total. The molecule has 6 fully saturated rings. The van der Waals surface area contributed by atoms with Crippen molar-refractivity contribution in [2.24, 2.45) is 47.3 Å². The number of aryl methyl sites for hydroxylation is 2. The third-order valence-electron chi connectivity index (χ3n) is 26.2. The maximum Gasteiger partial charge on any atom is 0.264 e. The van der Waals surface area contributed by atoms with Gasteiger partial charge in [-0.3, -0.25) is 19.4 Å². The Bertz CT molecular complexity index is 3960. The van der Waals surface area contributed by atoms with E-state index in [9.17, 15) is 26.4 Å². The largest absolute Gasteiger partial charge is 0.490 e. The molecule has 2 saturated carbocycles. The van der Waals surface area contributed by atoms with Crippen LogP contribution in [-0.2, 0) is 79.9 Å². The van der Waals surface area contributed by atoms with Crippen LogP contribution in [0.4, 0.5) is 11.4 Å². The van der Waals surface area contributed by atoms with Gasteiger partial charge in [0.15, 0.2) is 12.6 Å². The first-order chi connectivity index (χ1) is 49.7. The summed E-state index contributed by atoms with van der Waals surface area (Å²) in [5.74, 6) is 0.893. The molecule has 4 aromatic carbocycles. The zero-order chi connectivity index (χ0) is 71.5. The second kappa shape index (κ2) is 31.0. The minimum absolute atomic E-state index is 0.0126. The summed E-state index contributed by atoms with van der Waals surface area (Å²) in [7, 11) is -6.38. The standard InChI is InChI=1S/C79H106Cl2N6O14S2/c1-48-11-8-15-68(66-23-18-55(66)34-84-28-7-6-13-52-30-60(80)21-17-57(52)40-96-73-26-20-54(32-71(73)84)75(88)82-102(90,91)50(48)3)77-99-44-63(45-100-77)86-38-65(39-86)95-41-59-29-58-33-72-74(59)101-47-79(27-10-14-53-31-61(81)22-25-70(53)79)46-87(72)35-56-19-24-67(56)69(16-9-12-49(2)51(4)103(92,93)83-76(58)89)78-97-42-62(43-98-78)85-36-64(37-85)94-5/h17,20-22,25-26,29-33,48-51,55-56,62-69,77-78H,6-16,18-19,23-24,27-28,34-47H2,1-5H3,(H,82,88)(H,83,89)/t48-,49-,50+,51+,55-,56-,62?,63?,66+,67+,68+,69+,77?,78?,79-/m0/s1. The van der Waals surface area contributed by atoms with E-state index in [4.69, 9.17) is 61.1 Å². The number of amides is 2. The molecule has 103 heavy (non-hydrogen) atoms. The quantitative estimate of drug-likeness (QED) is 0.168. The highest BCUT2D eigenvalue weighted by molar-refractivity contribution is 7.91. The summed E-state index contributed by atoms with van der Waals surface area (Å²) in [6, 6.07) is 21.3.